The van der Waals surface area contributed by atoms with Crippen LogP contribution in [0.15, 0.2) is 55.0 Å². The molecule has 3 N–H and O–H groups in total. The third kappa shape index (κ3) is 4.24. The number of carboxylic acid groups (broad SMARTS) is 1. The largest absolute Gasteiger partial charge is 0.493 e. The molecule has 0 aliphatic heterocycles. The maximum absolute atomic E-state index is 13.7. The number of aryl methyl sites for hydroxylation is 1. The Labute approximate surface area is 205 Å². The van der Waals surface area contributed by atoms with Crippen molar-refractivity contribution in [1.82, 2.24) is 24.7 Å². The van der Waals surface area contributed by atoms with Crippen LogP contribution in [0.1, 0.15) is 17.0 Å². The van der Waals surface area contributed by atoms with E-state index in [9.17, 15) is 9.18 Å². The molecule has 5 aromatic rings. The van der Waals surface area contributed by atoms with Crippen molar-refractivity contribution in [3.63, 3.8) is 0 Å². The van der Waals surface area contributed by atoms with E-state index in [1.807, 2.05) is 36.9 Å². The van der Waals surface area contributed by atoms with Crippen molar-refractivity contribution in [2.45, 2.75) is 20.4 Å². The van der Waals surface area contributed by atoms with Crippen LogP contribution in [-0.4, -0.2) is 43.0 Å². The highest BCUT2D eigenvalue weighted by atomic mass is 19.1. The van der Waals surface area contributed by atoms with E-state index in [0.717, 1.165) is 50.2 Å². The minimum Gasteiger partial charge on any atom is -0.493 e. The zero-order chi connectivity index (χ0) is 25.4. The first-order valence-electron chi connectivity index (χ1n) is 11.1. The van der Waals surface area contributed by atoms with Gasteiger partial charge in [0.25, 0.3) is 0 Å². The molecular formula is C26H23FN6O3. The number of nitrogens with zero attached hydrogens (tertiary/aromatic N) is 4. The second-order valence-electron chi connectivity index (χ2n) is 8.36. The minimum absolute atomic E-state index is 0.113. The summed E-state index contributed by atoms with van der Waals surface area (Å²) in [7, 11) is 1.45. The highest BCUT2D eigenvalue weighted by molar-refractivity contribution is 5.97. The van der Waals surface area contributed by atoms with Crippen molar-refractivity contribution >= 4 is 22.9 Å². The van der Waals surface area contributed by atoms with Gasteiger partial charge in [0.15, 0.2) is 11.6 Å². The molecule has 9 nitrogen and oxygen atoms in total. The van der Waals surface area contributed by atoms with E-state index in [-0.39, 0.29) is 11.6 Å². The first kappa shape index (κ1) is 23.0. The van der Waals surface area contributed by atoms with Crippen LogP contribution in [0.2, 0.25) is 0 Å². The standard InChI is InChI=1S/C26H23FN6O3/c1-14-23(15(2)33(32-14)13-16-5-4-6-19(27)7-16)21-12-30-24-20(21)8-17(10-28-24)18-9-22(36-3)25(29-11-18)31-26(34)35/h4-12H,13H2,1-3H3,(H,28,30)(H,29,31)(H,34,35). The van der Waals surface area contributed by atoms with Crippen molar-refractivity contribution in [3.05, 3.63) is 77.8 Å². The van der Waals surface area contributed by atoms with Gasteiger partial charge >= 0.3 is 6.09 Å². The fraction of sp³-hybridized carbons (Fsp3) is 0.154. The van der Waals surface area contributed by atoms with E-state index >= 15 is 0 Å². The molecule has 182 valence electrons. The van der Waals surface area contributed by atoms with Gasteiger partial charge in [-0.1, -0.05) is 12.1 Å². The Balaban J connectivity index is 1.55. The van der Waals surface area contributed by atoms with E-state index in [1.165, 1.54) is 19.2 Å². The predicted molar refractivity (Wildman–Crippen MR) is 134 cm³/mol. The first-order chi connectivity index (χ1) is 17.3. The Morgan fingerprint density at radius 2 is 1.94 bits per heavy atom. The number of aromatic nitrogens is 5. The van der Waals surface area contributed by atoms with Crippen LogP contribution in [0.5, 0.6) is 5.75 Å². The van der Waals surface area contributed by atoms with Crippen molar-refractivity contribution in [1.29, 1.82) is 0 Å². The summed E-state index contributed by atoms with van der Waals surface area (Å²) in [5, 5.41) is 16.8. The number of rotatable bonds is 6. The summed E-state index contributed by atoms with van der Waals surface area (Å²) in [6, 6.07) is 10.2. The molecule has 4 aromatic heterocycles. The zero-order valence-corrected chi connectivity index (χ0v) is 19.8. The van der Waals surface area contributed by atoms with Crippen LogP contribution in [0.25, 0.3) is 33.3 Å². The molecule has 0 aliphatic rings. The summed E-state index contributed by atoms with van der Waals surface area (Å²) in [6.07, 6.45) is 3.97. The zero-order valence-electron chi connectivity index (χ0n) is 19.8. The summed E-state index contributed by atoms with van der Waals surface area (Å²) < 4.78 is 20.9. The number of fused-ring (bicyclic) bond motifs is 1. The number of H-pyrrole nitrogens is 1. The van der Waals surface area contributed by atoms with Crippen molar-refractivity contribution < 1.29 is 19.0 Å². The highest BCUT2D eigenvalue weighted by Crippen LogP contribution is 2.36. The van der Waals surface area contributed by atoms with Crippen LogP contribution < -0.4 is 10.1 Å². The van der Waals surface area contributed by atoms with Crippen molar-refractivity contribution in [2.24, 2.45) is 0 Å². The van der Waals surface area contributed by atoms with Crippen molar-refractivity contribution in [2.75, 3.05) is 12.4 Å². The highest BCUT2D eigenvalue weighted by Gasteiger charge is 2.19. The van der Waals surface area contributed by atoms with E-state index in [1.54, 1.807) is 24.5 Å². The lowest BCUT2D eigenvalue weighted by atomic mass is 10.0. The normalized spacial score (nSPS) is 11.1. The van der Waals surface area contributed by atoms with Gasteiger partial charge in [0.2, 0.25) is 0 Å². The summed E-state index contributed by atoms with van der Waals surface area (Å²) in [5.41, 5.74) is 6.79. The van der Waals surface area contributed by atoms with Gasteiger partial charge in [0, 0.05) is 51.9 Å². The number of hydrogen-bond acceptors (Lipinski definition) is 5. The number of methoxy groups -OCH3 is 1. The third-order valence-corrected chi connectivity index (χ3v) is 6.03. The number of pyridine rings is 2. The second kappa shape index (κ2) is 9.14. The van der Waals surface area contributed by atoms with Crippen LogP contribution in [0.3, 0.4) is 0 Å². The molecule has 0 saturated carbocycles. The maximum atomic E-state index is 13.7. The number of aromatic amines is 1. The summed E-state index contributed by atoms with van der Waals surface area (Å²) >= 11 is 0. The Hall–Kier alpha value is -4.73. The molecule has 4 heterocycles. The van der Waals surface area contributed by atoms with Gasteiger partial charge in [0.05, 0.1) is 19.3 Å². The molecule has 0 fully saturated rings. The van der Waals surface area contributed by atoms with E-state index in [2.05, 4.69) is 20.3 Å². The molecule has 0 spiro atoms. The summed E-state index contributed by atoms with van der Waals surface area (Å²) in [6.45, 7) is 4.40. The molecule has 1 aromatic carbocycles. The molecule has 0 radical (unpaired) electrons. The summed E-state index contributed by atoms with van der Waals surface area (Å²) in [4.78, 5) is 23.0. The van der Waals surface area contributed by atoms with Crippen LogP contribution in [0.4, 0.5) is 15.0 Å². The van der Waals surface area contributed by atoms with E-state index in [4.69, 9.17) is 14.9 Å². The van der Waals surface area contributed by atoms with Crippen molar-refractivity contribution in [3.8, 4) is 28.0 Å². The fourth-order valence-electron chi connectivity index (χ4n) is 4.37. The molecule has 36 heavy (non-hydrogen) atoms. The molecule has 5 rings (SSSR count). The van der Waals surface area contributed by atoms with Gasteiger partial charge in [-0.25, -0.2) is 19.2 Å². The second-order valence-corrected chi connectivity index (χ2v) is 8.36. The van der Waals surface area contributed by atoms with E-state index < -0.39 is 6.09 Å². The molecule has 0 saturated heterocycles. The molecule has 0 bridgehead atoms. The molecular weight excluding hydrogens is 463 g/mol. The van der Waals surface area contributed by atoms with Crippen LogP contribution >= 0.6 is 0 Å². The number of halogens is 1. The molecule has 0 atom stereocenters. The average molecular weight is 487 g/mol. The van der Waals surface area contributed by atoms with Gasteiger partial charge < -0.3 is 14.8 Å². The first-order valence-corrected chi connectivity index (χ1v) is 11.1. The monoisotopic (exact) mass is 486 g/mol. The molecule has 0 unspecified atom stereocenters. The van der Waals surface area contributed by atoms with Gasteiger partial charge in [-0.3, -0.25) is 10.00 Å². The lowest BCUT2D eigenvalue weighted by molar-refractivity contribution is 0.209. The van der Waals surface area contributed by atoms with Gasteiger partial charge in [-0.2, -0.15) is 5.10 Å². The van der Waals surface area contributed by atoms with Gasteiger partial charge in [-0.05, 0) is 43.7 Å². The quantitative estimate of drug-likeness (QED) is 0.296. The smallest absolute Gasteiger partial charge is 0.410 e. The summed E-state index contributed by atoms with van der Waals surface area (Å²) in [5.74, 6) is 0.138. The number of carbonyl (C=O) groups is 1. The molecule has 0 aliphatic carbocycles. The number of anilines is 1. The maximum Gasteiger partial charge on any atom is 0.410 e. The Kier molecular flexibility index (Phi) is 5.85. The molecule has 10 heteroatoms. The lowest BCUT2D eigenvalue weighted by Crippen LogP contribution is -2.10. The minimum atomic E-state index is -1.22. The SMILES string of the molecule is COc1cc(-c2cnc3[nH]cc(-c4c(C)nn(Cc5cccc(F)c5)c4C)c3c2)cnc1NC(=O)O. The Bertz CT molecular complexity index is 1610. The number of ether oxygens (including phenoxy) is 1. The van der Waals surface area contributed by atoms with Gasteiger partial charge in [-0.15, -0.1) is 0 Å². The van der Waals surface area contributed by atoms with Crippen LogP contribution in [-0.2, 0) is 6.54 Å². The average Bonchev–Trinajstić information content (AvgIpc) is 3.38. The Morgan fingerprint density at radius 1 is 1.17 bits per heavy atom. The molecule has 1 amide bonds. The third-order valence-electron chi connectivity index (χ3n) is 6.03. The Morgan fingerprint density at radius 3 is 2.69 bits per heavy atom. The number of amides is 1. The van der Waals surface area contributed by atoms with Gasteiger partial charge in [0.1, 0.15) is 11.5 Å². The number of nitrogens with one attached hydrogen (secondary N) is 2. The van der Waals surface area contributed by atoms with E-state index in [0.29, 0.717) is 12.3 Å². The predicted octanol–water partition coefficient (Wildman–Crippen LogP) is 5.39. The number of hydrogen-bond donors (Lipinski definition) is 3. The number of benzene rings is 1. The lowest BCUT2D eigenvalue weighted by Gasteiger charge is -2.10. The topological polar surface area (TPSA) is 118 Å². The van der Waals surface area contributed by atoms with Crippen LogP contribution in [0, 0.1) is 19.7 Å². The fourth-order valence-corrected chi connectivity index (χ4v) is 4.37.